The number of rotatable bonds is 6. The summed E-state index contributed by atoms with van der Waals surface area (Å²) in [6.07, 6.45) is 4.16. The van der Waals surface area contributed by atoms with E-state index in [2.05, 4.69) is 20.9 Å². The molecule has 0 unspecified atom stereocenters. The van der Waals surface area contributed by atoms with E-state index in [-0.39, 0.29) is 29.9 Å². The zero-order valence-corrected chi connectivity index (χ0v) is 22.3. The third-order valence-electron chi connectivity index (χ3n) is 7.06. The maximum Gasteiger partial charge on any atom is 0.331 e. The third kappa shape index (κ3) is 4.67. The van der Waals surface area contributed by atoms with Crippen LogP contribution in [0.3, 0.4) is 0 Å². The van der Waals surface area contributed by atoms with Crippen molar-refractivity contribution in [1.82, 2.24) is 15.6 Å². The highest BCUT2D eigenvalue weighted by Crippen LogP contribution is 2.46. The molecule has 2 aromatic carbocycles. The molecule has 6 rings (SSSR count). The van der Waals surface area contributed by atoms with Crippen LogP contribution in [-0.4, -0.2) is 34.9 Å². The van der Waals surface area contributed by atoms with Gasteiger partial charge in [0.1, 0.15) is 21.2 Å². The van der Waals surface area contributed by atoms with E-state index in [1.807, 2.05) is 55.5 Å². The van der Waals surface area contributed by atoms with Crippen LogP contribution in [0.15, 0.2) is 60.8 Å². The van der Waals surface area contributed by atoms with Crippen LogP contribution in [0.5, 0.6) is 11.5 Å². The van der Waals surface area contributed by atoms with Gasteiger partial charge in [-0.1, -0.05) is 18.2 Å². The summed E-state index contributed by atoms with van der Waals surface area (Å²) >= 11 is 1.24. The number of hydrogen-bond donors (Lipinski definition) is 3. The molecule has 1 fully saturated rings. The number of nitrogens with zero attached hydrogens (tertiary/aromatic N) is 2. The molecule has 198 valence electrons. The van der Waals surface area contributed by atoms with E-state index in [1.54, 1.807) is 17.2 Å². The van der Waals surface area contributed by atoms with Gasteiger partial charge in [0.2, 0.25) is 5.91 Å². The summed E-state index contributed by atoms with van der Waals surface area (Å²) in [7, 11) is 0. The molecule has 0 spiro atoms. The summed E-state index contributed by atoms with van der Waals surface area (Å²) in [5, 5.41) is 9.67. The van der Waals surface area contributed by atoms with Gasteiger partial charge in [-0.15, -0.1) is 11.3 Å². The number of hydrogen-bond acceptors (Lipinski definition) is 6. The van der Waals surface area contributed by atoms with Crippen molar-refractivity contribution in [2.45, 2.75) is 45.2 Å². The Balaban J connectivity index is 1.31. The van der Waals surface area contributed by atoms with E-state index in [9.17, 15) is 14.4 Å². The lowest BCUT2D eigenvalue weighted by Crippen LogP contribution is -2.48. The minimum atomic E-state index is -0.362. The monoisotopic (exact) mass is 541 g/mol. The molecule has 0 radical (unpaired) electrons. The Hall–Kier alpha value is -4.44. The molecule has 0 saturated heterocycles. The average Bonchev–Trinajstić information content (AvgIpc) is 3.50. The van der Waals surface area contributed by atoms with Crippen LogP contribution in [0, 0.1) is 6.92 Å². The number of pyridine rings is 1. The molecule has 4 amide bonds. The Morgan fingerprint density at radius 2 is 1.79 bits per heavy atom. The van der Waals surface area contributed by atoms with Gasteiger partial charge in [0, 0.05) is 25.2 Å². The topological polar surface area (TPSA) is 113 Å². The lowest BCUT2D eigenvalue weighted by Gasteiger charge is -2.29. The summed E-state index contributed by atoms with van der Waals surface area (Å²) in [5.74, 6) is 0.994. The maximum absolute atomic E-state index is 13.5. The Labute approximate surface area is 229 Å². The molecule has 1 aliphatic heterocycles. The summed E-state index contributed by atoms with van der Waals surface area (Å²) in [6.45, 7) is 3.40. The average molecular weight is 542 g/mol. The van der Waals surface area contributed by atoms with Gasteiger partial charge >= 0.3 is 6.03 Å². The van der Waals surface area contributed by atoms with Gasteiger partial charge in [-0.25, -0.2) is 9.78 Å². The van der Waals surface area contributed by atoms with Gasteiger partial charge in [-0.3, -0.25) is 14.5 Å². The summed E-state index contributed by atoms with van der Waals surface area (Å²) in [5.41, 5.74) is 2.68. The molecule has 3 N–H and O–H groups in total. The second-order valence-electron chi connectivity index (χ2n) is 9.76. The van der Waals surface area contributed by atoms with E-state index < -0.39 is 0 Å². The largest absolute Gasteiger partial charge is 0.457 e. The van der Waals surface area contributed by atoms with E-state index in [0.29, 0.717) is 32.5 Å². The molecule has 2 aromatic heterocycles. The van der Waals surface area contributed by atoms with Gasteiger partial charge in [-0.05, 0) is 68.1 Å². The zero-order valence-electron chi connectivity index (χ0n) is 21.5. The second-order valence-corrected chi connectivity index (χ2v) is 10.8. The van der Waals surface area contributed by atoms with Crippen LogP contribution in [0.25, 0.3) is 10.2 Å². The molecule has 1 aliphatic carbocycles. The summed E-state index contributed by atoms with van der Waals surface area (Å²) in [4.78, 5) is 45.6. The first-order valence-electron chi connectivity index (χ1n) is 12.8. The van der Waals surface area contributed by atoms with Crippen molar-refractivity contribution in [3.05, 3.63) is 71.2 Å². The highest BCUT2D eigenvalue weighted by atomic mass is 32.1. The Bertz CT molecular complexity index is 1600. The highest BCUT2D eigenvalue weighted by molar-refractivity contribution is 7.21. The number of nitrogens with one attached hydrogen (secondary N) is 3. The molecule has 2 aliphatic rings. The van der Waals surface area contributed by atoms with Crippen molar-refractivity contribution in [3.63, 3.8) is 0 Å². The number of urea groups is 1. The van der Waals surface area contributed by atoms with Crippen LogP contribution >= 0.6 is 11.3 Å². The number of aromatic nitrogens is 1. The molecular weight excluding hydrogens is 514 g/mol. The number of carbonyl (C=O) groups is 3. The van der Waals surface area contributed by atoms with Crippen LogP contribution in [0.2, 0.25) is 0 Å². The molecule has 1 saturated carbocycles. The number of para-hydroxylation sites is 1. The smallest absolute Gasteiger partial charge is 0.331 e. The number of amides is 4. The first kappa shape index (κ1) is 24.9. The van der Waals surface area contributed by atoms with Crippen molar-refractivity contribution in [1.29, 1.82) is 0 Å². The normalized spacial score (nSPS) is 18.1. The van der Waals surface area contributed by atoms with Crippen LogP contribution < -0.4 is 25.6 Å². The van der Waals surface area contributed by atoms with Crippen molar-refractivity contribution >= 4 is 56.5 Å². The SMILES string of the molecule is CC(=O)N[C@@H]1CCC[C@H]1NC(=O)c1sc2nccc3c2c1NC(=O)N3c1ccc(Oc2ccccc2)cc1C. The van der Waals surface area contributed by atoms with Gasteiger partial charge < -0.3 is 20.7 Å². The minimum Gasteiger partial charge on any atom is -0.457 e. The van der Waals surface area contributed by atoms with Gasteiger partial charge in [-0.2, -0.15) is 0 Å². The van der Waals surface area contributed by atoms with E-state index in [4.69, 9.17) is 4.74 Å². The second kappa shape index (κ2) is 10.0. The van der Waals surface area contributed by atoms with E-state index >= 15 is 0 Å². The quantitative estimate of drug-likeness (QED) is 0.283. The number of anilines is 3. The van der Waals surface area contributed by atoms with Crippen molar-refractivity contribution in [2.24, 2.45) is 0 Å². The fourth-order valence-corrected chi connectivity index (χ4v) is 6.37. The third-order valence-corrected chi connectivity index (χ3v) is 8.16. The Morgan fingerprint density at radius 1 is 1.03 bits per heavy atom. The Kier molecular flexibility index (Phi) is 6.40. The fourth-order valence-electron chi connectivity index (χ4n) is 5.35. The van der Waals surface area contributed by atoms with E-state index in [1.165, 1.54) is 18.3 Å². The van der Waals surface area contributed by atoms with Crippen LogP contribution in [-0.2, 0) is 4.79 Å². The molecule has 39 heavy (non-hydrogen) atoms. The van der Waals surface area contributed by atoms with Crippen LogP contribution in [0.4, 0.5) is 21.9 Å². The lowest BCUT2D eigenvalue weighted by atomic mass is 10.1. The molecule has 0 bridgehead atoms. The molecule has 2 atom stereocenters. The highest BCUT2D eigenvalue weighted by Gasteiger charge is 2.35. The van der Waals surface area contributed by atoms with Crippen molar-refractivity contribution < 1.29 is 19.1 Å². The first-order chi connectivity index (χ1) is 18.9. The molecule has 4 aromatic rings. The van der Waals surface area contributed by atoms with Crippen molar-refractivity contribution in [2.75, 3.05) is 10.2 Å². The predicted octanol–water partition coefficient (Wildman–Crippen LogP) is 5.87. The standard InChI is InChI=1S/C29H27N5O4S/c1-16-15-19(38-18-7-4-3-5-8-18)11-12-22(16)34-23-13-14-30-28-24(23)25(33-29(34)37)26(39-28)27(36)32-21-10-6-9-20(21)31-17(2)35/h3-5,7-8,11-15,20-21H,6,9-10H2,1-2H3,(H,31,35)(H,32,36)(H,33,37)/t20-,21-/m1/s1. The fraction of sp³-hybridized carbons (Fsp3) is 0.241. The molecule has 10 heteroatoms. The number of thiophene rings is 1. The zero-order chi connectivity index (χ0) is 27.1. The summed E-state index contributed by atoms with van der Waals surface area (Å²) < 4.78 is 5.96. The predicted molar refractivity (Wildman–Crippen MR) is 151 cm³/mol. The van der Waals surface area contributed by atoms with Crippen LogP contribution in [0.1, 0.15) is 41.4 Å². The van der Waals surface area contributed by atoms with Gasteiger partial charge in [0.05, 0.1) is 22.4 Å². The Morgan fingerprint density at radius 3 is 2.54 bits per heavy atom. The van der Waals surface area contributed by atoms with Gasteiger partial charge in [0.15, 0.2) is 0 Å². The van der Waals surface area contributed by atoms with Gasteiger partial charge in [0.25, 0.3) is 5.91 Å². The maximum atomic E-state index is 13.5. The molecule has 3 heterocycles. The molecular formula is C29H27N5O4S. The molecule has 9 nitrogen and oxygen atoms in total. The number of carbonyl (C=O) groups excluding carboxylic acids is 3. The minimum absolute atomic E-state index is 0.104. The summed E-state index contributed by atoms with van der Waals surface area (Å²) in [6, 6.07) is 16.2. The number of aryl methyl sites for hydroxylation is 1. The number of ether oxygens (including phenoxy) is 1. The van der Waals surface area contributed by atoms with Crippen molar-refractivity contribution in [3.8, 4) is 11.5 Å². The van der Waals surface area contributed by atoms with E-state index in [0.717, 1.165) is 36.0 Å². The number of benzene rings is 2. The lowest BCUT2D eigenvalue weighted by molar-refractivity contribution is -0.119. The first-order valence-corrected chi connectivity index (χ1v) is 13.6.